The van der Waals surface area contributed by atoms with Crippen molar-refractivity contribution in [3.8, 4) is 11.6 Å². The third-order valence-electron chi connectivity index (χ3n) is 3.57. The van der Waals surface area contributed by atoms with Gasteiger partial charge in [-0.05, 0) is 36.4 Å². The van der Waals surface area contributed by atoms with E-state index in [1.807, 2.05) is 0 Å². The van der Waals surface area contributed by atoms with Gasteiger partial charge in [-0.2, -0.15) is 5.10 Å². The summed E-state index contributed by atoms with van der Waals surface area (Å²) in [5.74, 6) is -3.61. The maximum Gasteiger partial charge on any atom is 0.280 e. The van der Waals surface area contributed by atoms with E-state index in [-0.39, 0.29) is 11.6 Å². The molecule has 0 unspecified atom stereocenters. The Morgan fingerprint density at radius 2 is 1.74 bits per heavy atom. The third-order valence-corrected chi connectivity index (χ3v) is 3.57. The quantitative estimate of drug-likeness (QED) is 0.761. The number of rotatable bonds is 4. The lowest BCUT2D eigenvalue weighted by molar-refractivity contribution is 0.101. The Morgan fingerprint density at radius 3 is 2.37 bits per heavy atom. The van der Waals surface area contributed by atoms with Crippen LogP contribution < -0.4 is 15.5 Å². The Morgan fingerprint density at radius 1 is 1.04 bits per heavy atom. The van der Waals surface area contributed by atoms with Crippen molar-refractivity contribution in [1.82, 2.24) is 9.78 Å². The molecule has 6 nitrogen and oxygen atoms in total. The molecule has 138 valence electrons. The molecule has 1 N–H and O–H groups in total. The molecule has 0 fully saturated rings. The van der Waals surface area contributed by atoms with Crippen LogP contribution in [0.4, 0.5) is 18.9 Å². The molecule has 0 spiro atoms. The number of carbonyl (C=O) groups is 1. The minimum Gasteiger partial charge on any atom is -0.481 e. The van der Waals surface area contributed by atoms with E-state index < -0.39 is 34.5 Å². The van der Waals surface area contributed by atoms with Gasteiger partial charge in [0.15, 0.2) is 17.3 Å². The molecular formula is C18H12F3N3O3. The molecule has 0 saturated carbocycles. The Hall–Kier alpha value is -3.62. The topological polar surface area (TPSA) is 73.2 Å². The first-order valence-corrected chi connectivity index (χ1v) is 7.60. The van der Waals surface area contributed by atoms with E-state index in [4.69, 9.17) is 4.74 Å². The first-order valence-electron chi connectivity index (χ1n) is 7.60. The van der Waals surface area contributed by atoms with E-state index in [1.165, 1.54) is 31.4 Å². The summed E-state index contributed by atoms with van der Waals surface area (Å²) in [7, 11) is 1.30. The van der Waals surface area contributed by atoms with Gasteiger partial charge in [-0.3, -0.25) is 9.59 Å². The second kappa shape index (κ2) is 7.32. The fraction of sp³-hybridized carbons (Fsp3) is 0.0556. The maximum atomic E-state index is 13.3. The molecule has 3 rings (SSSR count). The number of benzene rings is 2. The Kier molecular flexibility index (Phi) is 4.93. The van der Waals surface area contributed by atoms with Gasteiger partial charge in [-0.15, -0.1) is 0 Å². The first-order chi connectivity index (χ1) is 12.9. The van der Waals surface area contributed by atoms with Gasteiger partial charge in [0.1, 0.15) is 5.82 Å². The molecule has 0 aliphatic heterocycles. The van der Waals surface area contributed by atoms with Crippen molar-refractivity contribution >= 4 is 11.6 Å². The Labute approximate surface area is 150 Å². The summed E-state index contributed by atoms with van der Waals surface area (Å²) in [5, 5.41) is 6.23. The fourth-order valence-corrected chi connectivity index (χ4v) is 2.27. The molecule has 0 radical (unpaired) electrons. The molecule has 3 aromatic rings. The lowest BCUT2D eigenvalue weighted by Crippen LogP contribution is -2.26. The summed E-state index contributed by atoms with van der Waals surface area (Å²) in [6.45, 7) is 0. The summed E-state index contributed by atoms with van der Waals surface area (Å²) in [4.78, 5) is 24.5. The van der Waals surface area contributed by atoms with Crippen LogP contribution in [0.25, 0.3) is 5.69 Å². The van der Waals surface area contributed by atoms with Crippen LogP contribution in [0.3, 0.4) is 0 Å². The van der Waals surface area contributed by atoms with Gasteiger partial charge < -0.3 is 10.1 Å². The van der Waals surface area contributed by atoms with E-state index >= 15 is 0 Å². The first kappa shape index (κ1) is 18.2. The summed E-state index contributed by atoms with van der Waals surface area (Å²) in [5.41, 5.74) is -0.963. The number of aromatic nitrogens is 2. The molecular weight excluding hydrogens is 363 g/mol. The van der Waals surface area contributed by atoms with Crippen molar-refractivity contribution in [3.63, 3.8) is 0 Å². The molecule has 1 heterocycles. The minimum absolute atomic E-state index is 0.0241. The number of amides is 1. The third kappa shape index (κ3) is 3.81. The second-order valence-corrected chi connectivity index (χ2v) is 5.37. The van der Waals surface area contributed by atoms with Crippen molar-refractivity contribution in [1.29, 1.82) is 0 Å². The summed E-state index contributed by atoms with van der Waals surface area (Å²) in [6, 6.07) is 8.90. The number of hydrogen-bond donors (Lipinski definition) is 1. The monoisotopic (exact) mass is 375 g/mol. The fourth-order valence-electron chi connectivity index (χ4n) is 2.27. The highest BCUT2D eigenvalue weighted by Gasteiger charge is 2.18. The minimum atomic E-state index is -1.15. The Bertz CT molecular complexity index is 1070. The second-order valence-electron chi connectivity index (χ2n) is 5.37. The van der Waals surface area contributed by atoms with Crippen LogP contribution >= 0.6 is 0 Å². The lowest BCUT2D eigenvalue weighted by Gasteiger charge is -2.12. The van der Waals surface area contributed by atoms with Gasteiger partial charge in [0.25, 0.3) is 5.91 Å². The smallest absolute Gasteiger partial charge is 0.280 e. The van der Waals surface area contributed by atoms with Crippen molar-refractivity contribution < 1.29 is 22.7 Å². The summed E-state index contributed by atoms with van der Waals surface area (Å²) < 4.78 is 45.6. The summed E-state index contributed by atoms with van der Waals surface area (Å²) >= 11 is 0. The number of halogens is 3. The average molecular weight is 375 g/mol. The van der Waals surface area contributed by atoms with Crippen LogP contribution in [0.15, 0.2) is 53.3 Å². The zero-order chi connectivity index (χ0) is 19.6. The molecule has 27 heavy (non-hydrogen) atoms. The molecule has 0 aliphatic rings. The van der Waals surface area contributed by atoms with Crippen LogP contribution in [0.5, 0.6) is 5.88 Å². The van der Waals surface area contributed by atoms with Crippen LogP contribution in [-0.4, -0.2) is 22.8 Å². The largest absolute Gasteiger partial charge is 0.481 e. The van der Waals surface area contributed by atoms with Gasteiger partial charge >= 0.3 is 0 Å². The van der Waals surface area contributed by atoms with E-state index in [1.54, 1.807) is 0 Å². The number of nitrogens with one attached hydrogen (secondary N) is 1. The summed E-state index contributed by atoms with van der Waals surface area (Å²) in [6.07, 6.45) is 0. The zero-order valence-electron chi connectivity index (χ0n) is 13.9. The van der Waals surface area contributed by atoms with E-state index in [2.05, 4.69) is 10.4 Å². The van der Waals surface area contributed by atoms with E-state index in [0.717, 1.165) is 28.9 Å². The number of anilines is 1. The van der Waals surface area contributed by atoms with Crippen molar-refractivity contribution in [3.05, 3.63) is 81.9 Å². The molecule has 0 bridgehead atoms. The highest BCUT2D eigenvalue weighted by Crippen LogP contribution is 2.17. The molecule has 0 atom stereocenters. The number of hydrogen-bond acceptors (Lipinski definition) is 4. The lowest BCUT2D eigenvalue weighted by atomic mass is 10.2. The predicted molar refractivity (Wildman–Crippen MR) is 90.7 cm³/mol. The number of nitrogens with zero attached hydrogens (tertiary/aromatic N) is 2. The van der Waals surface area contributed by atoms with Crippen molar-refractivity contribution in [2.75, 3.05) is 12.4 Å². The van der Waals surface area contributed by atoms with E-state index in [0.29, 0.717) is 5.69 Å². The number of carbonyl (C=O) groups excluding carboxylic acids is 1. The molecule has 9 heteroatoms. The Balaban J connectivity index is 2.00. The van der Waals surface area contributed by atoms with Gasteiger partial charge in [-0.25, -0.2) is 17.9 Å². The standard InChI is InChI=1S/C18H12F3N3O3/c1-27-16-9-15(25)17(23-24(16)12-5-2-10(19)3-6-12)18(26)22-11-4-7-13(20)14(21)8-11/h2-9H,1H3,(H,22,26). The van der Waals surface area contributed by atoms with Gasteiger partial charge in [0.05, 0.1) is 18.9 Å². The van der Waals surface area contributed by atoms with Gasteiger partial charge in [-0.1, -0.05) is 0 Å². The van der Waals surface area contributed by atoms with Crippen molar-refractivity contribution in [2.24, 2.45) is 0 Å². The van der Waals surface area contributed by atoms with Gasteiger partial charge in [0, 0.05) is 11.8 Å². The highest BCUT2D eigenvalue weighted by molar-refractivity contribution is 6.02. The van der Waals surface area contributed by atoms with Crippen molar-refractivity contribution in [2.45, 2.75) is 0 Å². The molecule has 0 aliphatic carbocycles. The maximum absolute atomic E-state index is 13.3. The van der Waals surface area contributed by atoms with Gasteiger partial charge in [0.2, 0.25) is 11.3 Å². The predicted octanol–water partition coefficient (Wildman–Crippen LogP) is 2.91. The normalized spacial score (nSPS) is 10.5. The van der Waals surface area contributed by atoms with Crippen LogP contribution in [0, 0.1) is 17.5 Å². The SMILES string of the molecule is COc1cc(=O)c(C(=O)Nc2ccc(F)c(F)c2)nn1-c1ccc(F)cc1. The van der Waals surface area contributed by atoms with Crippen LogP contribution in [-0.2, 0) is 0 Å². The molecule has 2 aromatic carbocycles. The number of ether oxygens (including phenoxy) is 1. The zero-order valence-corrected chi connectivity index (χ0v) is 13.9. The molecule has 0 saturated heterocycles. The molecule has 1 aromatic heterocycles. The highest BCUT2D eigenvalue weighted by atomic mass is 19.2. The van der Waals surface area contributed by atoms with Crippen LogP contribution in [0.1, 0.15) is 10.5 Å². The average Bonchev–Trinajstić information content (AvgIpc) is 2.65. The van der Waals surface area contributed by atoms with E-state index in [9.17, 15) is 22.8 Å². The van der Waals surface area contributed by atoms with Crippen LogP contribution in [0.2, 0.25) is 0 Å². The number of methoxy groups -OCH3 is 1. The molecule has 1 amide bonds.